The molecule has 4 N–H and O–H groups in total. The minimum Gasteiger partial charge on any atom is -0.330 e. The Morgan fingerprint density at radius 1 is 1.33 bits per heavy atom. The van der Waals surface area contributed by atoms with Crippen molar-refractivity contribution in [3.05, 3.63) is 34.1 Å². The van der Waals surface area contributed by atoms with Crippen LogP contribution in [0, 0.1) is 5.82 Å². The molecule has 0 unspecified atom stereocenters. The standard InChI is InChI=1S/C11H16BrFN2/c12-10-5-4-8(13)7-9(10)11(15)3-1-2-6-14/h4-5,7,11H,1-3,6,14-15H2/t11-/m1/s1. The third kappa shape index (κ3) is 3.89. The van der Waals surface area contributed by atoms with E-state index >= 15 is 0 Å². The molecule has 0 aromatic heterocycles. The summed E-state index contributed by atoms with van der Waals surface area (Å²) >= 11 is 3.37. The lowest BCUT2D eigenvalue weighted by atomic mass is 10.0. The van der Waals surface area contributed by atoms with Gasteiger partial charge in [-0.2, -0.15) is 0 Å². The fourth-order valence-electron chi connectivity index (χ4n) is 1.46. The Hall–Kier alpha value is -0.450. The van der Waals surface area contributed by atoms with Crippen LogP contribution in [-0.2, 0) is 0 Å². The largest absolute Gasteiger partial charge is 0.330 e. The molecule has 0 saturated heterocycles. The molecule has 0 aliphatic carbocycles. The SMILES string of the molecule is NCCCC[C@@H](N)c1cc(F)ccc1Br. The van der Waals surface area contributed by atoms with Gasteiger partial charge in [0.05, 0.1) is 0 Å². The van der Waals surface area contributed by atoms with Gasteiger partial charge in [-0.3, -0.25) is 0 Å². The molecule has 0 saturated carbocycles. The van der Waals surface area contributed by atoms with E-state index in [2.05, 4.69) is 15.9 Å². The molecular weight excluding hydrogens is 259 g/mol. The summed E-state index contributed by atoms with van der Waals surface area (Å²) in [5, 5.41) is 0. The number of halogens is 2. The van der Waals surface area contributed by atoms with Crippen molar-refractivity contribution in [2.24, 2.45) is 11.5 Å². The van der Waals surface area contributed by atoms with Crippen LogP contribution in [0.4, 0.5) is 4.39 Å². The molecule has 4 heteroatoms. The summed E-state index contributed by atoms with van der Waals surface area (Å²) in [5.74, 6) is -0.248. The number of benzene rings is 1. The van der Waals surface area contributed by atoms with Gasteiger partial charge in [0.2, 0.25) is 0 Å². The normalized spacial score (nSPS) is 12.8. The minimum atomic E-state index is -0.248. The highest BCUT2D eigenvalue weighted by Gasteiger charge is 2.10. The highest BCUT2D eigenvalue weighted by atomic mass is 79.9. The highest BCUT2D eigenvalue weighted by Crippen LogP contribution is 2.25. The third-order valence-corrected chi connectivity index (χ3v) is 3.05. The Morgan fingerprint density at radius 3 is 2.73 bits per heavy atom. The lowest BCUT2D eigenvalue weighted by Gasteiger charge is -2.13. The first-order valence-corrected chi connectivity index (χ1v) is 5.85. The van der Waals surface area contributed by atoms with Gasteiger partial charge in [0, 0.05) is 10.5 Å². The van der Waals surface area contributed by atoms with Crippen LogP contribution in [0.1, 0.15) is 30.9 Å². The second kappa shape index (κ2) is 6.20. The van der Waals surface area contributed by atoms with E-state index in [4.69, 9.17) is 11.5 Å². The van der Waals surface area contributed by atoms with Crippen LogP contribution in [0.5, 0.6) is 0 Å². The van der Waals surface area contributed by atoms with Crippen molar-refractivity contribution in [3.8, 4) is 0 Å². The quantitative estimate of drug-likeness (QED) is 0.812. The zero-order valence-corrected chi connectivity index (χ0v) is 10.1. The monoisotopic (exact) mass is 274 g/mol. The zero-order valence-electron chi connectivity index (χ0n) is 8.55. The van der Waals surface area contributed by atoms with E-state index in [9.17, 15) is 4.39 Å². The average Bonchev–Trinajstić information content (AvgIpc) is 2.22. The fraction of sp³-hybridized carbons (Fsp3) is 0.455. The lowest BCUT2D eigenvalue weighted by molar-refractivity contribution is 0.578. The second-order valence-electron chi connectivity index (χ2n) is 3.56. The number of hydrogen-bond acceptors (Lipinski definition) is 2. The summed E-state index contributed by atoms with van der Waals surface area (Å²) in [6, 6.07) is 4.46. The van der Waals surface area contributed by atoms with Gasteiger partial charge in [-0.05, 0) is 43.1 Å². The first-order valence-electron chi connectivity index (χ1n) is 5.05. The summed E-state index contributed by atoms with van der Waals surface area (Å²) in [5.41, 5.74) is 12.2. The van der Waals surface area contributed by atoms with Gasteiger partial charge < -0.3 is 11.5 Å². The Labute approximate surface area is 98.0 Å². The molecule has 0 heterocycles. The van der Waals surface area contributed by atoms with E-state index in [0.717, 1.165) is 29.3 Å². The fourth-order valence-corrected chi connectivity index (χ4v) is 2.00. The van der Waals surface area contributed by atoms with Crippen molar-refractivity contribution in [3.63, 3.8) is 0 Å². The summed E-state index contributed by atoms with van der Waals surface area (Å²) in [6.07, 6.45) is 2.76. The van der Waals surface area contributed by atoms with Crippen LogP contribution in [0.2, 0.25) is 0 Å². The van der Waals surface area contributed by atoms with Gasteiger partial charge >= 0.3 is 0 Å². The first kappa shape index (κ1) is 12.6. The second-order valence-corrected chi connectivity index (χ2v) is 4.41. The highest BCUT2D eigenvalue weighted by molar-refractivity contribution is 9.10. The van der Waals surface area contributed by atoms with E-state index in [1.165, 1.54) is 12.1 Å². The topological polar surface area (TPSA) is 52.0 Å². The molecule has 0 aliphatic rings. The van der Waals surface area contributed by atoms with Crippen molar-refractivity contribution in [2.75, 3.05) is 6.54 Å². The van der Waals surface area contributed by atoms with Crippen LogP contribution < -0.4 is 11.5 Å². The first-order chi connectivity index (χ1) is 7.15. The Morgan fingerprint density at radius 2 is 2.07 bits per heavy atom. The smallest absolute Gasteiger partial charge is 0.123 e. The molecule has 1 aromatic rings. The molecule has 2 nitrogen and oxygen atoms in total. The van der Waals surface area contributed by atoms with Gasteiger partial charge in [-0.15, -0.1) is 0 Å². The molecule has 1 aromatic carbocycles. The molecule has 1 atom stereocenters. The Balaban J connectivity index is 2.64. The van der Waals surface area contributed by atoms with Crippen molar-refractivity contribution < 1.29 is 4.39 Å². The van der Waals surface area contributed by atoms with E-state index in [1.807, 2.05) is 0 Å². The van der Waals surface area contributed by atoms with Crippen LogP contribution >= 0.6 is 15.9 Å². The van der Waals surface area contributed by atoms with Crippen LogP contribution in [-0.4, -0.2) is 6.54 Å². The van der Waals surface area contributed by atoms with Crippen LogP contribution in [0.25, 0.3) is 0 Å². The van der Waals surface area contributed by atoms with E-state index in [-0.39, 0.29) is 11.9 Å². The van der Waals surface area contributed by atoms with Gasteiger partial charge in [0.1, 0.15) is 5.82 Å². The van der Waals surface area contributed by atoms with Gasteiger partial charge in [0.25, 0.3) is 0 Å². The summed E-state index contributed by atoms with van der Waals surface area (Å²) in [7, 11) is 0. The maximum atomic E-state index is 13.0. The molecule has 1 rings (SSSR count). The van der Waals surface area contributed by atoms with E-state index in [1.54, 1.807) is 6.07 Å². The van der Waals surface area contributed by atoms with Crippen molar-refractivity contribution >= 4 is 15.9 Å². The molecule has 84 valence electrons. The predicted octanol–water partition coefficient (Wildman–Crippen LogP) is 2.72. The molecule has 0 spiro atoms. The lowest BCUT2D eigenvalue weighted by Crippen LogP contribution is -2.12. The average molecular weight is 275 g/mol. The molecule has 15 heavy (non-hydrogen) atoms. The van der Waals surface area contributed by atoms with Crippen molar-refractivity contribution in [1.82, 2.24) is 0 Å². The van der Waals surface area contributed by atoms with Gasteiger partial charge in [0.15, 0.2) is 0 Å². The molecule has 0 bridgehead atoms. The maximum Gasteiger partial charge on any atom is 0.123 e. The maximum absolute atomic E-state index is 13.0. The third-order valence-electron chi connectivity index (χ3n) is 2.33. The van der Waals surface area contributed by atoms with E-state index in [0.29, 0.717) is 6.54 Å². The number of hydrogen-bond donors (Lipinski definition) is 2. The Bertz CT molecular complexity index is 317. The van der Waals surface area contributed by atoms with Gasteiger partial charge in [-0.25, -0.2) is 4.39 Å². The number of nitrogens with two attached hydrogens (primary N) is 2. The van der Waals surface area contributed by atoms with Crippen molar-refractivity contribution in [2.45, 2.75) is 25.3 Å². The zero-order chi connectivity index (χ0) is 11.3. The summed E-state index contributed by atoms with van der Waals surface area (Å²) in [6.45, 7) is 0.678. The molecule has 0 amide bonds. The summed E-state index contributed by atoms with van der Waals surface area (Å²) < 4.78 is 13.9. The van der Waals surface area contributed by atoms with Crippen LogP contribution in [0.15, 0.2) is 22.7 Å². The number of unbranched alkanes of at least 4 members (excludes halogenated alkanes) is 1. The summed E-state index contributed by atoms with van der Waals surface area (Å²) in [4.78, 5) is 0. The minimum absolute atomic E-state index is 0.123. The molecular formula is C11H16BrFN2. The van der Waals surface area contributed by atoms with Crippen molar-refractivity contribution in [1.29, 1.82) is 0 Å². The van der Waals surface area contributed by atoms with Gasteiger partial charge in [-0.1, -0.05) is 22.4 Å². The number of rotatable bonds is 5. The molecule has 0 fully saturated rings. The van der Waals surface area contributed by atoms with Crippen LogP contribution in [0.3, 0.4) is 0 Å². The molecule has 0 radical (unpaired) electrons. The van der Waals surface area contributed by atoms with E-state index < -0.39 is 0 Å². The predicted molar refractivity (Wildman–Crippen MR) is 63.9 cm³/mol. The Kier molecular flexibility index (Phi) is 5.22. The molecule has 0 aliphatic heterocycles.